The Kier molecular flexibility index (Phi) is 3.56. The first-order valence-electron chi connectivity index (χ1n) is 6.72. The SMILES string of the molecule is O=C(c1ccc(Cl)nn1)N1CCN(C(=O)C2CC2)CC1. The van der Waals surface area contributed by atoms with E-state index in [-0.39, 0.29) is 28.6 Å². The van der Waals surface area contributed by atoms with Crippen molar-refractivity contribution >= 4 is 23.4 Å². The predicted octanol–water partition coefficient (Wildman–Crippen LogP) is 0.824. The van der Waals surface area contributed by atoms with Crippen molar-refractivity contribution in [2.24, 2.45) is 5.92 Å². The number of halogens is 1. The predicted molar refractivity (Wildman–Crippen MR) is 72.2 cm³/mol. The first-order valence-corrected chi connectivity index (χ1v) is 7.10. The topological polar surface area (TPSA) is 66.4 Å². The average Bonchev–Trinajstić information content (AvgIpc) is 3.31. The van der Waals surface area contributed by atoms with E-state index in [1.807, 2.05) is 4.90 Å². The number of amides is 2. The zero-order valence-electron chi connectivity index (χ0n) is 11.0. The van der Waals surface area contributed by atoms with E-state index < -0.39 is 0 Å². The van der Waals surface area contributed by atoms with Crippen LogP contribution in [0, 0.1) is 5.92 Å². The van der Waals surface area contributed by atoms with Gasteiger partial charge in [-0.15, -0.1) is 10.2 Å². The van der Waals surface area contributed by atoms with Crippen LogP contribution < -0.4 is 0 Å². The molecule has 0 atom stereocenters. The minimum atomic E-state index is -0.160. The molecule has 1 aromatic heterocycles. The largest absolute Gasteiger partial charge is 0.339 e. The molecule has 106 valence electrons. The zero-order valence-corrected chi connectivity index (χ0v) is 11.7. The van der Waals surface area contributed by atoms with E-state index in [4.69, 9.17) is 11.6 Å². The van der Waals surface area contributed by atoms with Crippen molar-refractivity contribution in [3.63, 3.8) is 0 Å². The summed E-state index contributed by atoms with van der Waals surface area (Å²) in [4.78, 5) is 27.7. The molecule has 0 bridgehead atoms. The normalized spacial score (nSPS) is 19.1. The maximum Gasteiger partial charge on any atom is 0.274 e. The Balaban J connectivity index is 1.58. The number of carbonyl (C=O) groups excluding carboxylic acids is 2. The third-order valence-corrected chi connectivity index (χ3v) is 3.86. The highest BCUT2D eigenvalue weighted by Gasteiger charge is 2.35. The fourth-order valence-electron chi connectivity index (χ4n) is 2.31. The van der Waals surface area contributed by atoms with Gasteiger partial charge in [-0.25, -0.2) is 0 Å². The van der Waals surface area contributed by atoms with E-state index in [9.17, 15) is 9.59 Å². The Bertz CT molecular complexity index is 522. The minimum Gasteiger partial charge on any atom is -0.339 e. The number of hydrogen-bond donors (Lipinski definition) is 0. The van der Waals surface area contributed by atoms with Crippen molar-refractivity contribution < 1.29 is 9.59 Å². The lowest BCUT2D eigenvalue weighted by Gasteiger charge is -2.34. The summed E-state index contributed by atoms with van der Waals surface area (Å²) in [7, 11) is 0. The molecule has 0 unspecified atom stereocenters. The lowest BCUT2D eigenvalue weighted by Crippen LogP contribution is -2.51. The molecule has 1 aliphatic heterocycles. The summed E-state index contributed by atoms with van der Waals surface area (Å²) in [6.45, 7) is 2.29. The first kappa shape index (κ1) is 13.3. The van der Waals surface area contributed by atoms with Crippen LogP contribution in [0.4, 0.5) is 0 Å². The van der Waals surface area contributed by atoms with Gasteiger partial charge >= 0.3 is 0 Å². The average molecular weight is 295 g/mol. The van der Waals surface area contributed by atoms with Gasteiger partial charge in [0.25, 0.3) is 5.91 Å². The fraction of sp³-hybridized carbons (Fsp3) is 0.538. The summed E-state index contributed by atoms with van der Waals surface area (Å²) in [6.07, 6.45) is 2.02. The van der Waals surface area contributed by atoms with Crippen LogP contribution in [0.3, 0.4) is 0 Å². The molecule has 0 aromatic carbocycles. The number of rotatable bonds is 2. The summed E-state index contributed by atoms with van der Waals surface area (Å²) in [6, 6.07) is 3.12. The van der Waals surface area contributed by atoms with Gasteiger partial charge in [-0.05, 0) is 25.0 Å². The van der Waals surface area contributed by atoms with Crippen LogP contribution in [0.2, 0.25) is 5.15 Å². The van der Waals surface area contributed by atoms with Crippen molar-refractivity contribution in [1.82, 2.24) is 20.0 Å². The molecule has 20 heavy (non-hydrogen) atoms. The van der Waals surface area contributed by atoms with Gasteiger partial charge in [0, 0.05) is 32.1 Å². The lowest BCUT2D eigenvalue weighted by atomic mass is 10.2. The van der Waals surface area contributed by atoms with Crippen LogP contribution >= 0.6 is 11.6 Å². The van der Waals surface area contributed by atoms with Gasteiger partial charge in [0.2, 0.25) is 5.91 Å². The molecule has 0 N–H and O–H groups in total. The van der Waals surface area contributed by atoms with Gasteiger partial charge in [0.1, 0.15) is 0 Å². The molecule has 6 nitrogen and oxygen atoms in total. The molecule has 1 aliphatic carbocycles. The molecule has 1 saturated heterocycles. The Morgan fingerprint density at radius 1 is 1.05 bits per heavy atom. The minimum absolute atomic E-state index is 0.160. The van der Waals surface area contributed by atoms with Gasteiger partial charge in [0.15, 0.2) is 10.8 Å². The van der Waals surface area contributed by atoms with Crippen molar-refractivity contribution in [2.45, 2.75) is 12.8 Å². The van der Waals surface area contributed by atoms with Gasteiger partial charge in [-0.1, -0.05) is 11.6 Å². The van der Waals surface area contributed by atoms with Crippen LogP contribution in [0.25, 0.3) is 0 Å². The molecule has 1 aromatic rings. The maximum absolute atomic E-state index is 12.2. The van der Waals surface area contributed by atoms with Crippen molar-refractivity contribution in [1.29, 1.82) is 0 Å². The van der Waals surface area contributed by atoms with E-state index in [0.29, 0.717) is 26.2 Å². The van der Waals surface area contributed by atoms with Crippen molar-refractivity contribution in [3.05, 3.63) is 23.0 Å². The number of piperazine rings is 1. The maximum atomic E-state index is 12.2. The quantitative estimate of drug-likeness (QED) is 0.810. The van der Waals surface area contributed by atoms with Crippen LogP contribution in [0.1, 0.15) is 23.3 Å². The molecule has 0 spiro atoms. The molecule has 3 rings (SSSR count). The third kappa shape index (κ3) is 2.75. The standard InChI is InChI=1S/C13H15ClN4O2/c14-11-4-3-10(15-16-11)13(20)18-7-5-17(6-8-18)12(19)9-1-2-9/h3-4,9H,1-2,5-8H2. The van der Waals surface area contributed by atoms with Crippen molar-refractivity contribution in [2.75, 3.05) is 26.2 Å². The van der Waals surface area contributed by atoms with Crippen molar-refractivity contribution in [3.8, 4) is 0 Å². The molecular weight excluding hydrogens is 280 g/mol. The van der Waals surface area contributed by atoms with E-state index in [2.05, 4.69) is 10.2 Å². The highest BCUT2D eigenvalue weighted by molar-refractivity contribution is 6.29. The monoisotopic (exact) mass is 294 g/mol. The molecule has 2 aliphatic rings. The second-order valence-corrected chi connectivity index (χ2v) is 5.52. The number of nitrogens with zero attached hydrogens (tertiary/aromatic N) is 4. The Morgan fingerprint density at radius 3 is 2.25 bits per heavy atom. The lowest BCUT2D eigenvalue weighted by molar-refractivity contribution is -0.134. The van der Waals surface area contributed by atoms with Crippen LogP contribution in [-0.2, 0) is 4.79 Å². The Hall–Kier alpha value is -1.69. The van der Waals surface area contributed by atoms with Crippen LogP contribution in [0.15, 0.2) is 12.1 Å². The molecular formula is C13H15ClN4O2. The number of carbonyl (C=O) groups is 2. The molecule has 7 heteroatoms. The third-order valence-electron chi connectivity index (χ3n) is 3.66. The van der Waals surface area contributed by atoms with Gasteiger partial charge in [-0.3, -0.25) is 9.59 Å². The van der Waals surface area contributed by atoms with E-state index in [1.165, 1.54) is 0 Å². The van der Waals surface area contributed by atoms with Gasteiger partial charge < -0.3 is 9.80 Å². The Labute approximate surface area is 121 Å². The molecule has 2 fully saturated rings. The van der Waals surface area contributed by atoms with Gasteiger partial charge in [0.05, 0.1) is 0 Å². The second-order valence-electron chi connectivity index (χ2n) is 5.13. The fourth-order valence-corrected chi connectivity index (χ4v) is 2.41. The van der Waals surface area contributed by atoms with Gasteiger partial charge in [-0.2, -0.15) is 0 Å². The summed E-state index contributed by atoms with van der Waals surface area (Å²) >= 11 is 5.65. The molecule has 1 saturated carbocycles. The molecule has 0 radical (unpaired) electrons. The summed E-state index contributed by atoms with van der Waals surface area (Å²) in [5, 5.41) is 7.73. The highest BCUT2D eigenvalue weighted by Crippen LogP contribution is 2.31. The van der Waals surface area contributed by atoms with E-state index in [0.717, 1.165) is 12.8 Å². The van der Waals surface area contributed by atoms with Crippen LogP contribution in [0.5, 0.6) is 0 Å². The highest BCUT2D eigenvalue weighted by atomic mass is 35.5. The molecule has 2 heterocycles. The molecule has 2 amide bonds. The zero-order chi connectivity index (χ0) is 14.1. The summed E-state index contributed by atoms with van der Waals surface area (Å²) in [5.41, 5.74) is 0.288. The van der Waals surface area contributed by atoms with E-state index in [1.54, 1.807) is 17.0 Å². The first-order chi connectivity index (χ1) is 9.65. The summed E-state index contributed by atoms with van der Waals surface area (Å²) in [5.74, 6) is 0.315. The summed E-state index contributed by atoms with van der Waals surface area (Å²) < 4.78 is 0. The number of aromatic nitrogens is 2. The van der Waals surface area contributed by atoms with Crippen LogP contribution in [-0.4, -0.2) is 58.0 Å². The Morgan fingerprint density at radius 2 is 1.70 bits per heavy atom. The van der Waals surface area contributed by atoms with E-state index >= 15 is 0 Å². The number of hydrogen-bond acceptors (Lipinski definition) is 4. The smallest absolute Gasteiger partial charge is 0.274 e. The second kappa shape index (κ2) is 5.36.